The van der Waals surface area contributed by atoms with Gasteiger partial charge in [0.2, 0.25) is 0 Å². The summed E-state index contributed by atoms with van der Waals surface area (Å²) < 4.78 is 2.21. The van der Waals surface area contributed by atoms with E-state index in [1.807, 2.05) is 18.2 Å². The molecule has 0 saturated carbocycles. The lowest BCUT2D eigenvalue weighted by molar-refractivity contribution is 0.638. The molecule has 102 valence electrons. The Hall–Kier alpha value is -1.07. The third-order valence-electron chi connectivity index (χ3n) is 3.54. The Morgan fingerprint density at radius 1 is 1.25 bits per heavy atom. The monoisotopic (exact) mass is 323 g/mol. The van der Waals surface area contributed by atoms with Crippen LogP contribution in [0.15, 0.2) is 24.4 Å². The molecule has 1 aromatic carbocycles. The van der Waals surface area contributed by atoms with Crippen LogP contribution in [0.5, 0.6) is 0 Å². The Morgan fingerprint density at radius 3 is 3.00 bits per heavy atom. The Balaban J connectivity index is 1.84. The number of nitrogens with zero attached hydrogens (tertiary/aromatic N) is 2. The van der Waals surface area contributed by atoms with Crippen molar-refractivity contribution < 1.29 is 0 Å². The molecule has 0 unspecified atom stereocenters. The van der Waals surface area contributed by atoms with E-state index in [9.17, 15) is 0 Å². The van der Waals surface area contributed by atoms with Crippen LogP contribution in [-0.4, -0.2) is 15.9 Å². The summed E-state index contributed by atoms with van der Waals surface area (Å²) in [5, 5.41) is 4.52. The van der Waals surface area contributed by atoms with Gasteiger partial charge < -0.3 is 5.32 Å². The maximum Gasteiger partial charge on any atom is 0.194 e. The number of rotatable bonds is 1. The zero-order valence-corrected chi connectivity index (χ0v) is 12.8. The third-order valence-corrected chi connectivity index (χ3v) is 5.38. The number of thiazole rings is 1. The van der Waals surface area contributed by atoms with Crippen molar-refractivity contribution in [1.82, 2.24) is 14.7 Å². The van der Waals surface area contributed by atoms with Crippen LogP contribution in [0.4, 0.5) is 0 Å². The zero-order valence-electron chi connectivity index (χ0n) is 10.5. The van der Waals surface area contributed by atoms with Crippen molar-refractivity contribution in [3.63, 3.8) is 0 Å². The van der Waals surface area contributed by atoms with E-state index in [4.69, 9.17) is 28.2 Å². The van der Waals surface area contributed by atoms with Crippen molar-refractivity contribution in [2.75, 3.05) is 6.54 Å². The number of aromatic nitrogens is 2. The highest BCUT2D eigenvalue weighted by atomic mass is 35.5. The van der Waals surface area contributed by atoms with Crippen molar-refractivity contribution in [3.05, 3.63) is 45.0 Å². The molecule has 6 heteroatoms. The highest BCUT2D eigenvalue weighted by molar-refractivity contribution is 7.17. The van der Waals surface area contributed by atoms with E-state index in [0.717, 1.165) is 35.7 Å². The molecule has 0 spiro atoms. The second-order valence-electron chi connectivity index (χ2n) is 4.81. The number of imidazole rings is 1. The molecule has 1 aliphatic heterocycles. The highest BCUT2D eigenvalue weighted by Crippen LogP contribution is 2.31. The molecular formula is C14H11Cl2N3S. The minimum Gasteiger partial charge on any atom is -0.311 e. The first-order valence-corrected chi connectivity index (χ1v) is 7.95. The summed E-state index contributed by atoms with van der Waals surface area (Å²) in [4.78, 5) is 7.14. The second kappa shape index (κ2) is 4.74. The lowest BCUT2D eigenvalue weighted by Crippen LogP contribution is -2.23. The van der Waals surface area contributed by atoms with Crippen LogP contribution in [0.25, 0.3) is 16.2 Å². The van der Waals surface area contributed by atoms with Crippen LogP contribution in [0.1, 0.15) is 10.6 Å². The van der Waals surface area contributed by atoms with Crippen LogP contribution in [0.2, 0.25) is 10.0 Å². The van der Waals surface area contributed by atoms with Crippen molar-refractivity contribution in [1.29, 1.82) is 0 Å². The smallest absolute Gasteiger partial charge is 0.194 e. The first-order chi connectivity index (χ1) is 9.72. The highest BCUT2D eigenvalue weighted by Gasteiger charge is 2.18. The van der Waals surface area contributed by atoms with Crippen LogP contribution in [0.3, 0.4) is 0 Å². The summed E-state index contributed by atoms with van der Waals surface area (Å²) >= 11 is 13.8. The molecule has 2 aromatic heterocycles. The molecule has 0 aliphatic carbocycles. The Labute approximate surface area is 130 Å². The molecule has 3 heterocycles. The van der Waals surface area contributed by atoms with Gasteiger partial charge in [-0.2, -0.15) is 0 Å². The van der Waals surface area contributed by atoms with E-state index in [0.29, 0.717) is 10.0 Å². The minimum atomic E-state index is 0.562. The fourth-order valence-electron chi connectivity index (χ4n) is 2.53. The van der Waals surface area contributed by atoms with Gasteiger partial charge in [-0.15, -0.1) is 0 Å². The van der Waals surface area contributed by atoms with E-state index in [2.05, 4.69) is 15.9 Å². The van der Waals surface area contributed by atoms with Gasteiger partial charge in [0.1, 0.15) is 0 Å². The normalized spacial score (nSPS) is 14.7. The number of halogens is 2. The molecule has 0 saturated heterocycles. The molecule has 4 rings (SSSR count). The van der Waals surface area contributed by atoms with E-state index >= 15 is 0 Å². The topological polar surface area (TPSA) is 29.3 Å². The number of hydrogen-bond donors (Lipinski definition) is 1. The SMILES string of the molecule is Clc1ccc(-c2cn3c4c(sc3n2)CNCC4)cc1Cl. The molecule has 0 fully saturated rings. The van der Waals surface area contributed by atoms with Crippen LogP contribution < -0.4 is 5.32 Å². The summed E-state index contributed by atoms with van der Waals surface area (Å²) in [6, 6.07) is 5.63. The number of fused-ring (bicyclic) bond motifs is 3. The molecule has 3 aromatic rings. The van der Waals surface area contributed by atoms with Gasteiger partial charge in [-0.25, -0.2) is 4.98 Å². The van der Waals surface area contributed by atoms with Gasteiger partial charge in [0, 0.05) is 41.8 Å². The molecule has 1 N–H and O–H groups in total. The largest absolute Gasteiger partial charge is 0.311 e. The first-order valence-electron chi connectivity index (χ1n) is 6.38. The van der Waals surface area contributed by atoms with Gasteiger partial charge in [-0.05, 0) is 12.1 Å². The molecule has 0 radical (unpaired) electrons. The molecular weight excluding hydrogens is 313 g/mol. The summed E-state index contributed by atoms with van der Waals surface area (Å²) in [5.41, 5.74) is 3.32. The molecule has 1 aliphatic rings. The van der Waals surface area contributed by atoms with Crippen LogP contribution >= 0.6 is 34.5 Å². The van der Waals surface area contributed by atoms with Gasteiger partial charge in [0.15, 0.2) is 4.96 Å². The number of hydrogen-bond acceptors (Lipinski definition) is 3. The predicted molar refractivity (Wildman–Crippen MR) is 83.9 cm³/mol. The molecule has 3 nitrogen and oxygen atoms in total. The van der Waals surface area contributed by atoms with Crippen molar-refractivity contribution in [2.45, 2.75) is 13.0 Å². The Bertz CT molecular complexity index is 806. The van der Waals surface area contributed by atoms with Gasteiger partial charge in [-0.1, -0.05) is 40.6 Å². The van der Waals surface area contributed by atoms with Gasteiger partial charge in [-0.3, -0.25) is 4.40 Å². The average molecular weight is 324 g/mol. The predicted octanol–water partition coefficient (Wildman–Crippen LogP) is 4.02. The van der Waals surface area contributed by atoms with E-state index in [1.54, 1.807) is 11.3 Å². The van der Waals surface area contributed by atoms with Crippen LogP contribution in [-0.2, 0) is 13.0 Å². The second-order valence-corrected chi connectivity index (χ2v) is 6.68. The summed E-state index contributed by atoms with van der Waals surface area (Å²) in [6.45, 7) is 1.98. The average Bonchev–Trinajstić information content (AvgIpc) is 2.99. The molecule has 0 amide bonds. The Kier molecular flexibility index (Phi) is 3.00. The lowest BCUT2D eigenvalue weighted by atomic mass is 10.2. The number of nitrogens with one attached hydrogen (secondary N) is 1. The van der Waals surface area contributed by atoms with E-state index in [1.165, 1.54) is 10.6 Å². The zero-order chi connectivity index (χ0) is 13.7. The van der Waals surface area contributed by atoms with Crippen LogP contribution in [0, 0.1) is 0 Å². The standard InChI is InChI=1S/C14H11Cl2N3S/c15-9-2-1-8(5-10(9)16)11-7-19-12-3-4-17-6-13(12)20-14(19)18-11/h1-2,5,7,17H,3-4,6H2. The Morgan fingerprint density at radius 2 is 2.15 bits per heavy atom. The van der Waals surface area contributed by atoms with Gasteiger partial charge >= 0.3 is 0 Å². The maximum atomic E-state index is 6.08. The third kappa shape index (κ3) is 1.95. The van der Waals surface area contributed by atoms with E-state index in [-0.39, 0.29) is 0 Å². The van der Waals surface area contributed by atoms with Gasteiger partial charge in [0.25, 0.3) is 0 Å². The number of benzene rings is 1. The fraction of sp³-hybridized carbons (Fsp3) is 0.214. The summed E-state index contributed by atoms with van der Waals surface area (Å²) in [5.74, 6) is 0. The van der Waals surface area contributed by atoms with Crippen molar-refractivity contribution in [2.24, 2.45) is 0 Å². The molecule has 0 bridgehead atoms. The van der Waals surface area contributed by atoms with E-state index < -0.39 is 0 Å². The summed E-state index contributed by atoms with van der Waals surface area (Å²) in [7, 11) is 0. The molecule has 20 heavy (non-hydrogen) atoms. The lowest BCUT2D eigenvalue weighted by Gasteiger charge is -2.11. The molecule has 0 atom stereocenters. The minimum absolute atomic E-state index is 0.562. The van der Waals surface area contributed by atoms with Gasteiger partial charge in [0.05, 0.1) is 15.7 Å². The quantitative estimate of drug-likeness (QED) is 0.733. The first kappa shape index (κ1) is 12.7. The fourth-order valence-corrected chi connectivity index (χ4v) is 3.95. The summed E-state index contributed by atoms with van der Waals surface area (Å²) in [6.07, 6.45) is 3.14. The maximum absolute atomic E-state index is 6.08. The van der Waals surface area contributed by atoms with Crippen molar-refractivity contribution >= 4 is 39.5 Å². The van der Waals surface area contributed by atoms with Crippen molar-refractivity contribution in [3.8, 4) is 11.3 Å².